The number of halogens is 4. The zero-order valence-corrected chi connectivity index (χ0v) is 17.7. The minimum atomic E-state index is -0.836. The van der Waals surface area contributed by atoms with Gasteiger partial charge in [0.25, 0.3) is 5.91 Å². The van der Waals surface area contributed by atoms with Crippen molar-refractivity contribution in [1.29, 1.82) is 0 Å². The minimum absolute atomic E-state index is 0.0743. The fourth-order valence-electron chi connectivity index (χ4n) is 2.70. The summed E-state index contributed by atoms with van der Waals surface area (Å²) >= 11 is 12.1. The number of ether oxygens (including phenoxy) is 1. The molecule has 0 aliphatic carbocycles. The number of amides is 1. The van der Waals surface area contributed by atoms with Gasteiger partial charge in [-0.1, -0.05) is 29.3 Å². The zero-order chi connectivity index (χ0) is 22.7. The number of carbonyl (C=O) groups excluding carboxylic acids is 1. The van der Waals surface area contributed by atoms with Gasteiger partial charge in [-0.15, -0.1) is 5.10 Å². The Labute approximate surface area is 190 Å². The van der Waals surface area contributed by atoms with Crippen molar-refractivity contribution >= 4 is 35.1 Å². The van der Waals surface area contributed by atoms with Gasteiger partial charge in [0.05, 0.1) is 6.54 Å². The van der Waals surface area contributed by atoms with Crippen molar-refractivity contribution in [2.45, 2.75) is 13.3 Å². The van der Waals surface area contributed by atoms with Crippen LogP contribution in [0.4, 0.5) is 14.7 Å². The number of anilines is 1. The van der Waals surface area contributed by atoms with E-state index in [0.717, 1.165) is 11.6 Å². The summed E-state index contributed by atoms with van der Waals surface area (Å²) in [6, 6.07) is 9.52. The molecule has 1 N–H and O–H groups in total. The SMILES string of the molecule is O=C(Nc1ncn(Cc2ccc(Cl)cc2Cl)n1)c1ccn(COc2ccc(F)cc2F)n1. The summed E-state index contributed by atoms with van der Waals surface area (Å²) in [4.78, 5) is 16.4. The highest BCUT2D eigenvalue weighted by Gasteiger charge is 2.13. The largest absolute Gasteiger partial charge is 0.468 e. The molecule has 0 bridgehead atoms. The van der Waals surface area contributed by atoms with E-state index < -0.39 is 17.5 Å². The minimum Gasteiger partial charge on any atom is -0.468 e. The van der Waals surface area contributed by atoms with Gasteiger partial charge in [-0.2, -0.15) is 5.10 Å². The highest BCUT2D eigenvalue weighted by molar-refractivity contribution is 6.35. The number of rotatable bonds is 7. The molecule has 0 aliphatic rings. The van der Waals surface area contributed by atoms with E-state index in [2.05, 4.69) is 20.5 Å². The molecule has 0 spiro atoms. The van der Waals surface area contributed by atoms with Gasteiger partial charge in [0, 0.05) is 22.3 Å². The third-order valence-electron chi connectivity index (χ3n) is 4.23. The van der Waals surface area contributed by atoms with Gasteiger partial charge in [-0.05, 0) is 35.9 Å². The Kier molecular flexibility index (Phi) is 6.33. The van der Waals surface area contributed by atoms with Crippen molar-refractivity contribution in [3.05, 3.63) is 87.9 Å². The molecule has 4 rings (SSSR count). The maximum atomic E-state index is 13.6. The first-order valence-corrected chi connectivity index (χ1v) is 9.89. The van der Waals surface area contributed by atoms with Crippen LogP contribution < -0.4 is 10.1 Å². The smallest absolute Gasteiger partial charge is 0.278 e. The lowest BCUT2D eigenvalue weighted by Gasteiger charge is -2.07. The van der Waals surface area contributed by atoms with Gasteiger partial charge < -0.3 is 4.74 Å². The van der Waals surface area contributed by atoms with Gasteiger partial charge in [0.1, 0.15) is 12.1 Å². The van der Waals surface area contributed by atoms with Crippen molar-refractivity contribution in [3.8, 4) is 5.75 Å². The molecular weight excluding hydrogens is 465 g/mol. The van der Waals surface area contributed by atoms with Crippen LogP contribution in [0.5, 0.6) is 5.75 Å². The monoisotopic (exact) mass is 478 g/mol. The Morgan fingerprint density at radius 1 is 1.06 bits per heavy atom. The van der Waals surface area contributed by atoms with Crippen LogP contribution in [-0.2, 0) is 13.3 Å². The van der Waals surface area contributed by atoms with Crippen LogP contribution in [0.15, 0.2) is 55.0 Å². The van der Waals surface area contributed by atoms with Gasteiger partial charge >= 0.3 is 0 Å². The molecule has 2 aromatic carbocycles. The normalized spacial score (nSPS) is 10.9. The summed E-state index contributed by atoms with van der Waals surface area (Å²) in [5.74, 6) is -2.14. The number of aromatic nitrogens is 5. The van der Waals surface area contributed by atoms with Crippen molar-refractivity contribution in [2.24, 2.45) is 0 Å². The van der Waals surface area contributed by atoms with E-state index in [1.165, 1.54) is 34.0 Å². The Hall–Kier alpha value is -3.50. The van der Waals surface area contributed by atoms with Crippen LogP contribution in [0.3, 0.4) is 0 Å². The second kappa shape index (κ2) is 9.33. The van der Waals surface area contributed by atoms with Gasteiger partial charge in [0.2, 0.25) is 5.95 Å². The number of nitrogens with zero attached hydrogens (tertiary/aromatic N) is 5. The van der Waals surface area contributed by atoms with E-state index in [1.807, 2.05) is 0 Å². The fraction of sp³-hybridized carbons (Fsp3) is 0.100. The molecule has 0 saturated carbocycles. The summed E-state index contributed by atoms with van der Waals surface area (Å²) in [7, 11) is 0. The molecule has 0 aliphatic heterocycles. The van der Waals surface area contributed by atoms with Crippen LogP contribution in [0.2, 0.25) is 10.0 Å². The van der Waals surface area contributed by atoms with E-state index in [4.69, 9.17) is 27.9 Å². The number of hydrogen-bond acceptors (Lipinski definition) is 5. The first kappa shape index (κ1) is 21.7. The van der Waals surface area contributed by atoms with E-state index in [1.54, 1.807) is 18.2 Å². The van der Waals surface area contributed by atoms with Crippen LogP contribution in [0.1, 0.15) is 16.1 Å². The quantitative estimate of drug-likeness (QED) is 0.425. The lowest BCUT2D eigenvalue weighted by atomic mass is 10.2. The van der Waals surface area contributed by atoms with Gasteiger partial charge in [-0.3, -0.25) is 10.1 Å². The van der Waals surface area contributed by atoms with Crippen molar-refractivity contribution in [3.63, 3.8) is 0 Å². The molecular formula is C20H14Cl2F2N6O2. The molecule has 2 heterocycles. The Bertz CT molecular complexity index is 1280. The van der Waals surface area contributed by atoms with E-state index in [0.29, 0.717) is 22.7 Å². The molecule has 4 aromatic rings. The topological polar surface area (TPSA) is 86.9 Å². The van der Waals surface area contributed by atoms with Crippen LogP contribution in [-0.4, -0.2) is 30.5 Å². The average molecular weight is 479 g/mol. The highest BCUT2D eigenvalue weighted by atomic mass is 35.5. The first-order chi connectivity index (χ1) is 15.4. The van der Waals surface area contributed by atoms with Crippen molar-refractivity contribution < 1.29 is 18.3 Å². The fourth-order valence-corrected chi connectivity index (χ4v) is 3.17. The van der Waals surface area contributed by atoms with Crippen LogP contribution in [0, 0.1) is 11.6 Å². The Balaban J connectivity index is 1.35. The lowest BCUT2D eigenvalue weighted by Crippen LogP contribution is -2.15. The van der Waals surface area contributed by atoms with Gasteiger partial charge in [-0.25, -0.2) is 23.1 Å². The summed E-state index contributed by atoms with van der Waals surface area (Å²) < 4.78 is 34.6. The maximum absolute atomic E-state index is 13.6. The predicted octanol–water partition coefficient (Wildman–Crippen LogP) is 4.40. The number of hydrogen-bond donors (Lipinski definition) is 1. The lowest BCUT2D eigenvalue weighted by molar-refractivity contribution is 0.101. The summed E-state index contributed by atoms with van der Waals surface area (Å²) in [6.07, 6.45) is 2.93. The second-order valence-electron chi connectivity index (χ2n) is 6.54. The Morgan fingerprint density at radius 3 is 2.69 bits per heavy atom. The third-order valence-corrected chi connectivity index (χ3v) is 4.82. The number of nitrogens with one attached hydrogen (secondary N) is 1. The summed E-state index contributed by atoms with van der Waals surface area (Å²) in [5, 5.41) is 11.8. The van der Waals surface area contributed by atoms with Crippen molar-refractivity contribution in [2.75, 3.05) is 5.32 Å². The van der Waals surface area contributed by atoms with Crippen LogP contribution >= 0.6 is 23.2 Å². The second-order valence-corrected chi connectivity index (χ2v) is 7.39. The first-order valence-electron chi connectivity index (χ1n) is 9.13. The average Bonchev–Trinajstić information content (AvgIpc) is 3.39. The Morgan fingerprint density at radius 2 is 1.91 bits per heavy atom. The molecule has 0 fully saturated rings. The molecule has 0 atom stereocenters. The molecule has 0 saturated heterocycles. The number of benzene rings is 2. The zero-order valence-electron chi connectivity index (χ0n) is 16.2. The molecule has 8 nitrogen and oxygen atoms in total. The molecule has 1 amide bonds. The maximum Gasteiger partial charge on any atom is 0.278 e. The van der Waals surface area contributed by atoms with Crippen molar-refractivity contribution in [1.82, 2.24) is 24.5 Å². The molecule has 12 heteroatoms. The highest BCUT2D eigenvalue weighted by Crippen LogP contribution is 2.22. The van der Waals surface area contributed by atoms with Crippen LogP contribution in [0.25, 0.3) is 0 Å². The number of carbonyl (C=O) groups is 1. The standard InChI is InChI=1S/C20H14Cl2F2N6O2/c21-13-2-1-12(15(22)7-13)9-30-10-25-20(28-30)26-19(31)17-5-6-29(27-17)11-32-18-4-3-14(23)8-16(18)24/h1-8,10H,9,11H2,(H,26,28,31). The van der Waals surface area contributed by atoms with Gasteiger partial charge in [0.15, 0.2) is 24.0 Å². The molecule has 0 unspecified atom stereocenters. The predicted molar refractivity (Wildman–Crippen MR) is 113 cm³/mol. The molecule has 32 heavy (non-hydrogen) atoms. The third kappa shape index (κ3) is 5.21. The summed E-state index contributed by atoms with van der Waals surface area (Å²) in [6.45, 7) is 0.162. The molecule has 164 valence electrons. The molecule has 2 aromatic heterocycles. The van der Waals surface area contributed by atoms with E-state index in [9.17, 15) is 13.6 Å². The van der Waals surface area contributed by atoms with E-state index >= 15 is 0 Å². The van der Waals surface area contributed by atoms with E-state index in [-0.39, 0.29) is 24.1 Å². The summed E-state index contributed by atoms with van der Waals surface area (Å²) in [5.41, 5.74) is 0.862. The molecule has 0 radical (unpaired) electrons.